The van der Waals surface area contributed by atoms with Crippen molar-refractivity contribution in [3.63, 3.8) is 0 Å². The van der Waals surface area contributed by atoms with Crippen LogP contribution in [0.25, 0.3) is 11.1 Å². The summed E-state index contributed by atoms with van der Waals surface area (Å²) in [5, 5.41) is 137. The minimum atomic E-state index is -2.41. The van der Waals surface area contributed by atoms with E-state index >= 15 is 24.0 Å². The molecule has 11 bridgehead atoms. The highest BCUT2D eigenvalue weighted by Crippen LogP contribution is 2.51. The molecule has 0 aromatic heterocycles. The molecule has 127 heavy (non-hydrogen) atoms. The van der Waals surface area contributed by atoms with Gasteiger partial charge in [-0.15, -0.1) is 0 Å². The van der Waals surface area contributed by atoms with Crippen LogP contribution in [0.4, 0.5) is 0 Å². The first-order valence-corrected chi connectivity index (χ1v) is 43.8. The molecule has 20 N–H and O–H groups in total. The van der Waals surface area contributed by atoms with Crippen LogP contribution in [0, 0.1) is 5.92 Å². The van der Waals surface area contributed by atoms with Gasteiger partial charge in [-0.05, 0) is 129 Å². The molecule has 7 heterocycles. The number of amides is 7. The summed E-state index contributed by atoms with van der Waals surface area (Å²) in [6.07, 6.45) is -5.35. The number of aliphatic hydroxyl groups is 5. The Bertz CT molecular complexity index is 4660. The molecule has 5 aromatic rings. The molecule has 17 atom stereocenters. The Labute approximate surface area is 747 Å². The van der Waals surface area contributed by atoms with Gasteiger partial charge in [0.25, 0.3) is 0 Å². The van der Waals surface area contributed by atoms with Crippen molar-refractivity contribution in [1.82, 2.24) is 53.2 Å². The molecule has 2 unspecified atom stereocenters. The number of likely N-dealkylation sites (N-methyl/N-ethyl adjacent to an activating group) is 2. The number of phenolic OH excluding ortho intramolecular Hbond substituents is 3. The number of nitrogens with two attached hydrogens (primary N) is 1. The zero-order chi connectivity index (χ0) is 92.3. The summed E-state index contributed by atoms with van der Waals surface area (Å²) in [5.74, 6) is -15.7. The van der Waals surface area contributed by atoms with Gasteiger partial charge in [-0.25, -0.2) is 0 Å². The number of carboxylic acid groups (broad SMARTS) is 1. The molecule has 7 aliphatic rings. The number of carboxylic acids is 1. The molecule has 0 saturated carbocycles. The molecule has 5 aromatic carbocycles. The Balaban J connectivity index is 1.13. The second-order valence-electron chi connectivity index (χ2n) is 34.3. The van der Waals surface area contributed by atoms with E-state index in [2.05, 4.69) is 60.1 Å². The van der Waals surface area contributed by atoms with Gasteiger partial charge in [-0.2, -0.15) is 0 Å². The number of halogens is 2. The van der Waals surface area contributed by atoms with Crippen molar-refractivity contribution < 1.29 is 127 Å². The van der Waals surface area contributed by atoms with Crippen LogP contribution < -0.4 is 78.2 Å². The second kappa shape index (κ2) is 45.8. The fourth-order valence-electron chi connectivity index (χ4n) is 15.9. The Morgan fingerprint density at radius 3 is 1.94 bits per heavy atom. The third-order valence-electron chi connectivity index (χ3n) is 23.0. The highest BCUT2D eigenvalue weighted by atomic mass is 35.5. The van der Waals surface area contributed by atoms with E-state index in [1.807, 2.05) is 35.0 Å². The van der Waals surface area contributed by atoms with Crippen LogP contribution in [-0.4, -0.2) is 266 Å². The fourth-order valence-corrected chi connectivity index (χ4v) is 16.3. The van der Waals surface area contributed by atoms with Crippen molar-refractivity contribution in [1.29, 1.82) is 0 Å². The lowest BCUT2D eigenvalue weighted by Crippen LogP contribution is -2.65. The van der Waals surface area contributed by atoms with E-state index in [9.17, 15) is 60.3 Å². The second-order valence-corrected chi connectivity index (χ2v) is 35.1. The van der Waals surface area contributed by atoms with Gasteiger partial charge in [0.15, 0.2) is 23.9 Å². The SMILES string of the molecule is CCCCCCCCCCNCCN[C@@]1(C)CC(O[C@H]2[C@@H](O)[C@@H](CO)OC[C@@H]2Oc2c3cc4cc2Oc2ccc(cc2Cl)[C@@H](O)[C@@H](NC(=O)[C@@H](CC(C)C)NC)C(=O)N[C@@H](CC(N)=O)C(=O)N[C@H]4C(=O)N[C@H]2C(=O)N[C@H](C(=O)N[C@H](C(=O)[O-])c4cc(O)c(CNCCOCCOCC[N+](C)(C)C)c(O)c4-c4cc2ccc4O)C(O)c2ccc(c(Cl)c2)O3)O[C@@H](C)[C@H]1O. The molecule has 37 nitrogen and oxygen atoms in total. The summed E-state index contributed by atoms with van der Waals surface area (Å²) >= 11 is 14.4. The number of hydrogen-bond donors (Lipinski definition) is 19. The number of nitrogens with one attached hydrogen (secondary N) is 10. The zero-order valence-electron chi connectivity index (χ0n) is 72.8. The first-order valence-electron chi connectivity index (χ1n) is 43.0. The summed E-state index contributed by atoms with van der Waals surface area (Å²) in [6, 6.07) is -1.04. The monoisotopic (exact) mass is 1820 g/mol. The molecule has 7 aliphatic heterocycles. The average Bonchev–Trinajstić information content (AvgIpc) is 0.759. The van der Waals surface area contributed by atoms with Crippen LogP contribution in [0.2, 0.25) is 10.0 Å². The maximum atomic E-state index is 16.4. The van der Waals surface area contributed by atoms with E-state index in [-0.39, 0.29) is 90.4 Å². The third kappa shape index (κ3) is 26.0. The number of quaternary nitrogens is 1. The van der Waals surface area contributed by atoms with Crippen LogP contribution >= 0.6 is 23.2 Å². The predicted octanol–water partition coefficient (Wildman–Crippen LogP) is 2.64. The number of aliphatic carboxylic acids is 1. The Morgan fingerprint density at radius 1 is 0.693 bits per heavy atom. The number of unbranched alkanes of at least 4 members (excludes halogenated alkanes) is 7. The molecule has 0 aliphatic carbocycles. The van der Waals surface area contributed by atoms with Gasteiger partial charge in [0.2, 0.25) is 47.1 Å². The lowest BCUT2D eigenvalue weighted by Gasteiger charge is -2.48. The number of primary amides is 1. The van der Waals surface area contributed by atoms with Crippen molar-refractivity contribution >= 4 is 70.5 Å². The first kappa shape index (κ1) is 99.8. The van der Waals surface area contributed by atoms with E-state index in [4.69, 9.17) is 66.8 Å². The zero-order valence-corrected chi connectivity index (χ0v) is 74.3. The minimum Gasteiger partial charge on any atom is -0.548 e. The largest absolute Gasteiger partial charge is 0.548 e. The quantitative estimate of drug-likeness (QED) is 0.0201. The molecular formula is C88H122Cl2N12O25. The smallest absolute Gasteiger partial charge is 0.248 e. The van der Waals surface area contributed by atoms with Crippen molar-refractivity contribution in [2.75, 3.05) is 101 Å². The molecule has 2 fully saturated rings. The average molecular weight is 1820 g/mol. The summed E-state index contributed by atoms with van der Waals surface area (Å²) in [4.78, 5) is 120. The van der Waals surface area contributed by atoms with E-state index in [0.717, 1.165) is 74.8 Å². The number of benzene rings is 5. The van der Waals surface area contributed by atoms with E-state index in [0.29, 0.717) is 24.2 Å². The van der Waals surface area contributed by atoms with Crippen LogP contribution in [0.5, 0.6) is 46.0 Å². The van der Waals surface area contributed by atoms with E-state index in [1.54, 1.807) is 13.8 Å². The van der Waals surface area contributed by atoms with Crippen LogP contribution in [0.3, 0.4) is 0 Å². The highest BCUT2D eigenvalue weighted by Gasteiger charge is 2.50. The van der Waals surface area contributed by atoms with Crippen molar-refractivity contribution in [3.8, 4) is 57.1 Å². The first-order chi connectivity index (χ1) is 60.4. The normalized spacial score (nSPS) is 25.4. The molecular weight excluding hydrogens is 1700 g/mol. The van der Waals surface area contributed by atoms with Gasteiger partial charge in [0.1, 0.15) is 96.0 Å². The Hall–Kier alpha value is -9.36. The lowest BCUT2D eigenvalue weighted by molar-refractivity contribution is -0.870. The molecule has 698 valence electrons. The maximum Gasteiger partial charge on any atom is 0.248 e. The molecule has 2 saturated heterocycles. The van der Waals surface area contributed by atoms with Crippen LogP contribution in [0.1, 0.15) is 169 Å². The number of phenols is 3. The van der Waals surface area contributed by atoms with E-state index < -0.39 is 232 Å². The van der Waals surface area contributed by atoms with Crippen molar-refractivity contribution in [3.05, 3.63) is 116 Å². The molecule has 0 radical (unpaired) electrons. The number of carbonyl (C=O) groups is 8. The number of carbonyl (C=O) groups excluding carboxylic acids is 8. The standard InChI is InChI=1S/C88H122Cl2N12O25/c1-10-11-12-13-14-15-16-17-24-93-25-26-95-88(5)41-67(123-46(4)80(88)111)127-79-65(44-122-64(43-103)77(79)110)126-78-62-37-50-38-63(78)125-61-23-20-49(36-55(61)90)75(108)73-86(117)99-71(87(118)119)52-39-59(105)53(42-94-27-29-120-31-32-121-30-28-102(7,8)9)76(109)68(52)51-34-47(18-21-58(51)104)69(83(114)101-73)98-84(115)70(50)97-82(113)57(40-66(91)106)96-85(116)72(100-81(112)56(92-6)33-45(2)3)74(107)48-19-22-60(124-62)54(89)35-48/h18-23,34-39,45-46,56-57,64-65,67,69-75,77,79-80,92-95,103,107-108,110-111H,10-17,24-33,40-44H2,1-9H3,(H11-,91,96,97,98,99,100,101,104,105,106,109,112,113,114,115,116,117,118,119)/t46-,56+,57-,64+,65-,67?,69+,70+,71-,72+,73-,74+,75?,77-,79+,80+,88-/m0/s1. The van der Waals surface area contributed by atoms with Gasteiger partial charge in [0, 0.05) is 49.3 Å². The van der Waals surface area contributed by atoms with Crippen LogP contribution in [-0.2, 0) is 68.6 Å². The fraction of sp³-hybridized carbons (Fsp3) is 0.568. The maximum absolute atomic E-state index is 16.4. The number of aliphatic hydroxyl groups excluding tert-OH is 5. The van der Waals surface area contributed by atoms with Gasteiger partial charge in [-0.1, -0.05) is 107 Å². The predicted molar refractivity (Wildman–Crippen MR) is 461 cm³/mol. The number of hydrogen-bond acceptors (Lipinski definition) is 29. The summed E-state index contributed by atoms with van der Waals surface area (Å²) < 4.78 is 51.9. The van der Waals surface area contributed by atoms with Gasteiger partial charge in [-0.3, -0.25) is 33.6 Å². The molecule has 7 amide bonds. The van der Waals surface area contributed by atoms with Gasteiger partial charge >= 0.3 is 0 Å². The molecule has 39 heteroatoms. The Kier molecular flexibility index (Phi) is 36.0. The topological polar surface area (TPSA) is 542 Å². The third-order valence-corrected chi connectivity index (χ3v) is 23.6. The number of nitrogens with zero attached hydrogens (tertiary/aromatic N) is 1. The minimum absolute atomic E-state index is 0.0294. The molecule has 0 spiro atoms. The summed E-state index contributed by atoms with van der Waals surface area (Å²) in [6.45, 7) is 11.4. The number of aromatic hydroxyl groups is 3. The highest BCUT2D eigenvalue weighted by molar-refractivity contribution is 6.32. The number of rotatable bonds is 37. The summed E-state index contributed by atoms with van der Waals surface area (Å²) in [5.41, 5.74) is 1.58. The van der Waals surface area contributed by atoms with E-state index in [1.165, 1.54) is 69.5 Å². The van der Waals surface area contributed by atoms with Gasteiger partial charge < -0.3 is 152 Å². The Morgan fingerprint density at radius 2 is 1.31 bits per heavy atom. The van der Waals surface area contributed by atoms with Crippen molar-refractivity contribution in [2.45, 2.75) is 215 Å². The van der Waals surface area contributed by atoms with Gasteiger partial charge in [0.05, 0.1) is 113 Å². The van der Waals surface area contributed by atoms with Crippen molar-refractivity contribution in [2.24, 2.45) is 11.7 Å². The number of fused-ring (bicyclic) bond motifs is 15. The molecule has 12 rings (SSSR count). The number of ether oxygens (including phenoxy) is 8. The van der Waals surface area contributed by atoms with Crippen LogP contribution in [0.15, 0.2) is 72.8 Å². The summed E-state index contributed by atoms with van der Waals surface area (Å²) in [7, 11) is 7.56. The lowest BCUT2D eigenvalue weighted by atomic mass is 9.85.